The molecule has 2 aromatic heterocycles. The number of halogens is 3. The minimum Gasteiger partial charge on any atom is -0.495 e. The quantitative estimate of drug-likeness (QED) is 0.271. The molecule has 0 amide bonds. The van der Waals surface area contributed by atoms with Crippen molar-refractivity contribution < 1.29 is 31.1 Å². The zero-order valence-corrected chi connectivity index (χ0v) is 24.8. The monoisotopic (exact) mass is 618 g/mol. The fourth-order valence-electron chi connectivity index (χ4n) is 5.29. The number of likely N-dealkylation sites (tertiary alicyclic amines) is 1. The molecule has 1 aliphatic rings. The van der Waals surface area contributed by atoms with Gasteiger partial charge in [0.2, 0.25) is 16.1 Å². The van der Waals surface area contributed by atoms with Crippen LogP contribution in [-0.2, 0) is 10.0 Å². The van der Waals surface area contributed by atoms with Gasteiger partial charge in [0.05, 0.1) is 42.1 Å². The van der Waals surface area contributed by atoms with Crippen molar-refractivity contribution in [1.29, 1.82) is 0 Å². The topological polar surface area (TPSA) is 115 Å². The van der Waals surface area contributed by atoms with Crippen LogP contribution in [0.4, 0.5) is 24.5 Å². The maximum atomic E-state index is 14.2. The predicted octanol–water partition coefficient (Wildman–Crippen LogP) is 4.57. The number of alkyl halides is 3. The largest absolute Gasteiger partial charge is 0.495 e. The Bertz CT molecular complexity index is 1700. The van der Waals surface area contributed by atoms with Crippen LogP contribution in [0.5, 0.6) is 11.8 Å². The molecule has 3 heterocycles. The first-order valence-electron chi connectivity index (χ1n) is 13.6. The molecule has 1 saturated heterocycles. The minimum atomic E-state index is -4.66. The predicted molar refractivity (Wildman–Crippen MR) is 158 cm³/mol. The summed E-state index contributed by atoms with van der Waals surface area (Å²) in [7, 11) is -0.602. The van der Waals surface area contributed by atoms with Crippen molar-refractivity contribution in [3.05, 3.63) is 66.4 Å². The van der Waals surface area contributed by atoms with E-state index in [0.717, 1.165) is 16.1 Å². The Kier molecular flexibility index (Phi) is 8.43. The van der Waals surface area contributed by atoms with Gasteiger partial charge in [0.1, 0.15) is 5.75 Å². The Morgan fingerprint density at radius 2 is 1.84 bits per heavy atom. The number of piperidine rings is 1. The number of methoxy groups -OCH3 is 1. The number of hydrogen-bond acceptors (Lipinski definition) is 8. The van der Waals surface area contributed by atoms with E-state index in [1.165, 1.54) is 17.8 Å². The lowest BCUT2D eigenvalue weighted by Gasteiger charge is -2.34. The number of ether oxygens (including phenoxy) is 2. The van der Waals surface area contributed by atoms with Crippen molar-refractivity contribution >= 4 is 26.9 Å². The van der Waals surface area contributed by atoms with Crippen LogP contribution in [0.2, 0.25) is 0 Å². The van der Waals surface area contributed by atoms with Gasteiger partial charge in [0, 0.05) is 19.2 Å². The smallest absolute Gasteiger partial charge is 0.426 e. The summed E-state index contributed by atoms with van der Waals surface area (Å²) in [5.74, 6) is 0.762. The summed E-state index contributed by atoms with van der Waals surface area (Å²) in [6.45, 7) is 0.544. The van der Waals surface area contributed by atoms with E-state index in [1.54, 1.807) is 54.5 Å². The number of rotatable bonds is 9. The molecule has 0 bridgehead atoms. The standard InChI is InChI=1S/C29H33F3N6O4S/c1-36(43(3,39)40)24-7-5-4-6-22(24)25-11-9-21-17-34-28(35-38(21)25)42-27(29(30,31)32)18-37-14-12-19(13-15-37)20-8-10-23(33)26(16-20)41-2/h4-11,16-17,19,27H,12-15,18,33H2,1-3H3/t27-/m0/s1. The fourth-order valence-corrected chi connectivity index (χ4v) is 5.80. The van der Waals surface area contributed by atoms with E-state index in [0.29, 0.717) is 59.8 Å². The van der Waals surface area contributed by atoms with Crippen molar-refractivity contribution in [2.75, 3.05) is 50.1 Å². The lowest BCUT2D eigenvalue weighted by molar-refractivity contribution is -0.201. The van der Waals surface area contributed by atoms with Gasteiger partial charge in [0.25, 0.3) is 0 Å². The Hall–Kier alpha value is -4.04. The molecule has 4 aromatic rings. The molecule has 14 heteroatoms. The van der Waals surface area contributed by atoms with E-state index in [2.05, 4.69) is 10.1 Å². The number of aromatic nitrogens is 3. The number of fused-ring (bicyclic) bond motifs is 1. The van der Waals surface area contributed by atoms with E-state index in [4.69, 9.17) is 15.2 Å². The van der Waals surface area contributed by atoms with Crippen LogP contribution in [0.25, 0.3) is 16.8 Å². The second kappa shape index (κ2) is 11.9. The van der Waals surface area contributed by atoms with E-state index < -0.39 is 28.3 Å². The van der Waals surface area contributed by atoms with Crippen molar-refractivity contribution in [1.82, 2.24) is 19.5 Å². The lowest BCUT2D eigenvalue weighted by atomic mass is 9.89. The highest BCUT2D eigenvalue weighted by Gasteiger charge is 2.44. The first-order chi connectivity index (χ1) is 20.3. The van der Waals surface area contributed by atoms with Crippen LogP contribution in [0.3, 0.4) is 0 Å². The average Bonchev–Trinajstić information content (AvgIpc) is 3.39. The molecule has 10 nitrogen and oxygen atoms in total. The van der Waals surface area contributed by atoms with Crippen molar-refractivity contribution in [2.24, 2.45) is 0 Å². The second-order valence-corrected chi connectivity index (χ2v) is 12.6. The number of anilines is 2. The molecule has 43 heavy (non-hydrogen) atoms. The van der Waals surface area contributed by atoms with Gasteiger partial charge < -0.3 is 15.2 Å². The summed E-state index contributed by atoms with van der Waals surface area (Å²) >= 11 is 0. The third-order valence-electron chi connectivity index (χ3n) is 7.75. The number of sulfonamides is 1. The van der Waals surface area contributed by atoms with Gasteiger partial charge in [0.15, 0.2) is 0 Å². The van der Waals surface area contributed by atoms with E-state index in [-0.39, 0.29) is 12.5 Å². The molecule has 0 saturated carbocycles. The second-order valence-electron chi connectivity index (χ2n) is 10.6. The summed E-state index contributed by atoms with van der Waals surface area (Å²) < 4.78 is 80.2. The fraction of sp³-hybridized carbons (Fsp3) is 0.379. The van der Waals surface area contributed by atoms with Crippen LogP contribution in [-0.4, -0.2) is 80.2 Å². The van der Waals surface area contributed by atoms with Crippen LogP contribution < -0.4 is 19.5 Å². The molecule has 230 valence electrons. The van der Waals surface area contributed by atoms with E-state index in [1.807, 2.05) is 12.1 Å². The highest BCUT2D eigenvalue weighted by atomic mass is 32.2. The van der Waals surface area contributed by atoms with Crippen molar-refractivity contribution in [3.63, 3.8) is 0 Å². The highest BCUT2D eigenvalue weighted by Crippen LogP contribution is 2.35. The molecule has 2 N–H and O–H groups in total. The van der Waals surface area contributed by atoms with Gasteiger partial charge in [-0.25, -0.2) is 17.9 Å². The average molecular weight is 619 g/mol. The summed E-state index contributed by atoms with van der Waals surface area (Å²) in [6.07, 6.45) is -3.01. The molecule has 1 fully saturated rings. The number of para-hydroxylation sites is 1. The molecule has 0 spiro atoms. The van der Waals surface area contributed by atoms with Gasteiger partial charge in [-0.2, -0.15) is 13.2 Å². The van der Waals surface area contributed by atoms with Gasteiger partial charge in [-0.05, 0) is 67.7 Å². The van der Waals surface area contributed by atoms with Gasteiger partial charge in [-0.3, -0.25) is 9.21 Å². The van der Waals surface area contributed by atoms with Gasteiger partial charge in [-0.1, -0.05) is 24.3 Å². The van der Waals surface area contributed by atoms with Gasteiger partial charge >= 0.3 is 12.2 Å². The summed E-state index contributed by atoms with van der Waals surface area (Å²) in [6, 6.07) is 15.3. The molecule has 2 aromatic carbocycles. The molecule has 1 atom stereocenters. The minimum absolute atomic E-state index is 0.179. The number of hydrogen-bond donors (Lipinski definition) is 1. The molecule has 0 aliphatic carbocycles. The maximum Gasteiger partial charge on any atom is 0.426 e. The first-order valence-corrected chi connectivity index (χ1v) is 15.5. The summed E-state index contributed by atoms with van der Waals surface area (Å²) in [4.78, 5) is 5.77. The van der Waals surface area contributed by atoms with E-state index >= 15 is 0 Å². The van der Waals surface area contributed by atoms with Crippen LogP contribution in [0.15, 0.2) is 60.8 Å². The SMILES string of the molecule is COc1cc(C2CCN(C[C@H](Oc3ncc4ccc(-c5ccccc5N(C)S(C)(=O)=O)n4n3)C(F)(F)F)CC2)ccc1N. The Labute approximate surface area is 247 Å². The first kappa shape index (κ1) is 30.4. The van der Waals surface area contributed by atoms with Crippen LogP contribution >= 0.6 is 0 Å². The molecular weight excluding hydrogens is 585 g/mol. The zero-order chi connectivity index (χ0) is 30.9. The van der Waals surface area contributed by atoms with E-state index in [9.17, 15) is 21.6 Å². The molecule has 5 rings (SSSR count). The van der Waals surface area contributed by atoms with Crippen LogP contribution in [0, 0.1) is 0 Å². The molecular formula is C29H33F3N6O4S. The normalized spacial score (nSPS) is 15.9. The third-order valence-corrected chi connectivity index (χ3v) is 8.94. The summed E-state index contributed by atoms with van der Waals surface area (Å²) in [5.41, 5.74) is 9.38. The highest BCUT2D eigenvalue weighted by molar-refractivity contribution is 7.92. The lowest BCUT2D eigenvalue weighted by Crippen LogP contribution is -2.47. The Morgan fingerprint density at radius 1 is 1.12 bits per heavy atom. The molecule has 0 radical (unpaired) electrons. The molecule has 1 aliphatic heterocycles. The van der Waals surface area contributed by atoms with Crippen molar-refractivity contribution in [2.45, 2.75) is 31.0 Å². The number of nitrogens with two attached hydrogens (primary N) is 1. The number of nitrogen functional groups attached to an aromatic ring is 1. The Morgan fingerprint density at radius 3 is 2.51 bits per heavy atom. The van der Waals surface area contributed by atoms with Gasteiger partial charge in [-0.15, -0.1) is 5.10 Å². The third kappa shape index (κ3) is 6.64. The maximum absolute atomic E-state index is 14.2. The summed E-state index contributed by atoms with van der Waals surface area (Å²) in [5, 5.41) is 4.27. The van der Waals surface area contributed by atoms with Crippen LogP contribution in [0.1, 0.15) is 24.3 Å². The number of nitrogens with zero attached hydrogens (tertiary/aromatic N) is 5. The molecule has 0 unspecified atom stereocenters. The number of benzene rings is 2. The zero-order valence-electron chi connectivity index (χ0n) is 24.0. The Balaban J connectivity index is 1.34. The van der Waals surface area contributed by atoms with Crippen molar-refractivity contribution in [3.8, 4) is 23.0 Å².